The minimum atomic E-state index is -5.68. The Kier molecular flexibility index (Phi) is 14.6. The number of halogens is 7. The van der Waals surface area contributed by atoms with E-state index >= 15 is 0 Å². The van der Waals surface area contributed by atoms with Crippen LogP contribution < -0.4 is 14.2 Å². The Balaban J connectivity index is 0.000000208. The number of alkyl halides is 7. The Labute approximate surface area is 398 Å². The van der Waals surface area contributed by atoms with Crippen LogP contribution >= 0.6 is 0 Å². The van der Waals surface area contributed by atoms with Crippen LogP contribution in [0.4, 0.5) is 36.4 Å². The van der Waals surface area contributed by atoms with Gasteiger partial charge in [0.2, 0.25) is 10.0 Å². The average molecular weight is 986 g/mol. The van der Waals surface area contributed by atoms with Gasteiger partial charge in [0.25, 0.3) is 5.92 Å². The Bertz CT molecular complexity index is 3260. The first-order valence-electron chi connectivity index (χ1n) is 21.4. The summed E-state index contributed by atoms with van der Waals surface area (Å²) in [6, 6.07) is 38.7. The van der Waals surface area contributed by atoms with E-state index in [0.29, 0.717) is 45.2 Å². The first-order chi connectivity index (χ1) is 32.9. The van der Waals surface area contributed by atoms with E-state index < -0.39 is 46.9 Å². The zero-order valence-electron chi connectivity index (χ0n) is 38.0. The number of nitrogens with one attached hydrogen (secondary N) is 3. The van der Waals surface area contributed by atoms with Gasteiger partial charge in [-0.3, -0.25) is 4.72 Å². The number of anilines is 1. The van der Waals surface area contributed by atoms with Crippen LogP contribution in [0.25, 0.3) is 68.6 Å². The van der Waals surface area contributed by atoms with E-state index in [4.69, 9.17) is 4.74 Å². The van der Waals surface area contributed by atoms with Crippen molar-refractivity contribution >= 4 is 62.1 Å². The number of aromatic amines is 2. The molecule has 0 unspecified atom stereocenters. The fraction of sp³-hybridized carbons (Fsp3) is 0.192. The van der Waals surface area contributed by atoms with Crippen molar-refractivity contribution in [3.8, 4) is 33.8 Å². The molecule has 10 nitrogen and oxygen atoms in total. The number of para-hydroxylation sites is 1. The standard InChI is InChI=1S/C27H26F2N2O2.C25H20F5N3O3S/c1-26(2,32)22-7-5-4-6-21(22)19-11-14-23-24(16-19)31-25(30-23)15-10-18-8-12-20(13-9-18)33-17-27(3,28)29;1-37(34,35)33-20-5-3-2-4-19(20)17-9-12-21-22(14-17)32-23(31-21)13-8-16-6-10-18(11-7-16)36-15-24(26,27)25(28,29)30/h4-16,32H,17H2,1-3H3,(H,30,31);2-14,33H,15H2,1H3,(H,31,32)/b15-10+;13-8+. The fourth-order valence-electron chi connectivity index (χ4n) is 7.01. The normalized spacial score (nSPS) is 12.7. The highest BCUT2D eigenvalue weighted by Crippen LogP contribution is 2.37. The first-order valence-corrected chi connectivity index (χ1v) is 23.3. The lowest BCUT2D eigenvalue weighted by atomic mass is 9.89. The second kappa shape index (κ2) is 20.3. The quantitative estimate of drug-likeness (QED) is 0.0749. The number of nitrogens with zero attached hydrogens (tertiary/aromatic N) is 2. The van der Waals surface area contributed by atoms with Crippen LogP contribution in [-0.4, -0.2) is 71.0 Å². The summed E-state index contributed by atoms with van der Waals surface area (Å²) in [5.41, 5.74) is 8.42. The van der Waals surface area contributed by atoms with Crippen LogP contribution in [0.5, 0.6) is 11.5 Å². The first kappa shape index (κ1) is 50.4. The van der Waals surface area contributed by atoms with Gasteiger partial charge in [-0.1, -0.05) is 91.0 Å². The molecule has 0 spiro atoms. The maximum absolute atomic E-state index is 13.0. The van der Waals surface area contributed by atoms with Gasteiger partial charge in [-0.25, -0.2) is 27.2 Å². The maximum atomic E-state index is 13.0. The second-order valence-corrected chi connectivity index (χ2v) is 18.6. The van der Waals surface area contributed by atoms with Crippen molar-refractivity contribution in [2.24, 2.45) is 0 Å². The number of hydrogen-bond acceptors (Lipinski definition) is 7. The topological polar surface area (TPSA) is 142 Å². The second-order valence-electron chi connectivity index (χ2n) is 16.9. The summed E-state index contributed by atoms with van der Waals surface area (Å²) in [7, 11) is -3.46. The summed E-state index contributed by atoms with van der Waals surface area (Å²) >= 11 is 0. The zero-order valence-corrected chi connectivity index (χ0v) is 38.8. The van der Waals surface area contributed by atoms with E-state index in [1.165, 1.54) is 24.3 Å². The van der Waals surface area contributed by atoms with E-state index in [1.54, 1.807) is 80.6 Å². The molecular weight excluding hydrogens is 940 g/mol. The van der Waals surface area contributed by atoms with Gasteiger partial charge in [0.1, 0.15) is 23.1 Å². The molecule has 2 aromatic heterocycles. The number of benzene rings is 6. The SMILES string of the molecule is CC(F)(F)COc1ccc(/C=C/c2nc3ccc(-c4ccccc4C(C)(C)O)cc3[nH]2)cc1.CS(=O)(=O)Nc1ccccc1-c1ccc2nc(/C=C/c3ccc(OCC(F)(F)C(F)(F)F)cc3)[nH]c2c1. The number of H-pyrrole nitrogens is 2. The molecule has 0 aliphatic heterocycles. The van der Waals surface area contributed by atoms with Crippen LogP contribution in [0, 0.1) is 0 Å². The molecule has 0 fully saturated rings. The minimum Gasteiger partial charge on any atom is -0.487 e. The van der Waals surface area contributed by atoms with E-state index in [-0.39, 0.29) is 5.75 Å². The maximum Gasteiger partial charge on any atom is 0.456 e. The lowest BCUT2D eigenvalue weighted by Crippen LogP contribution is -2.41. The lowest BCUT2D eigenvalue weighted by Gasteiger charge is -2.21. The highest BCUT2D eigenvalue weighted by molar-refractivity contribution is 7.92. The molecule has 6 aromatic carbocycles. The molecule has 0 saturated heterocycles. The number of ether oxygens (including phenoxy) is 2. The van der Waals surface area contributed by atoms with Gasteiger partial charge in [0.05, 0.1) is 39.6 Å². The summed E-state index contributed by atoms with van der Waals surface area (Å²) in [6.07, 6.45) is 2.50. The predicted molar refractivity (Wildman–Crippen MR) is 260 cm³/mol. The van der Waals surface area contributed by atoms with Crippen LogP contribution in [0.1, 0.15) is 49.1 Å². The number of imidazole rings is 2. The summed E-state index contributed by atoms with van der Waals surface area (Å²) < 4.78 is 124. The molecule has 0 atom stereocenters. The van der Waals surface area contributed by atoms with Crippen LogP contribution in [0.15, 0.2) is 133 Å². The predicted octanol–water partition coefficient (Wildman–Crippen LogP) is 13.0. The Hall–Kier alpha value is -7.44. The Morgan fingerprint density at radius 3 is 1.53 bits per heavy atom. The van der Waals surface area contributed by atoms with E-state index in [0.717, 1.165) is 52.0 Å². The number of sulfonamides is 1. The van der Waals surface area contributed by atoms with Crippen molar-refractivity contribution in [2.75, 3.05) is 24.2 Å². The van der Waals surface area contributed by atoms with Crippen molar-refractivity contribution in [1.82, 2.24) is 19.9 Å². The van der Waals surface area contributed by atoms with Gasteiger partial charge < -0.3 is 24.5 Å². The van der Waals surface area contributed by atoms with Crippen molar-refractivity contribution in [1.29, 1.82) is 0 Å². The zero-order chi connectivity index (χ0) is 50.5. The van der Waals surface area contributed by atoms with Gasteiger partial charge in [-0.05, 0) is 114 Å². The van der Waals surface area contributed by atoms with Gasteiger partial charge in [-0.2, -0.15) is 22.0 Å². The van der Waals surface area contributed by atoms with E-state index in [1.807, 2.05) is 66.7 Å². The molecule has 0 radical (unpaired) electrons. The molecule has 0 aliphatic rings. The third-order valence-electron chi connectivity index (χ3n) is 10.4. The molecular formula is C52H46F7N5O5S. The summed E-state index contributed by atoms with van der Waals surface area (Å²) in [5.74, 6) is -6.32. The summed E-state index contributed by atoms with van der Waals surface area (Å²) in [5, 5.41) is 10.5. The fourth-order valence-corrected chi connectivity index (χ4v) is 7.59. The highest BCUT2D eigenvalue weighted by atomic mass is 32.2. The van der Waals surface area contributed by atoms with Crippen LogP contribution in [-0.2, 0) is 15.6 Å². The van der Waals surface area contributed by atoms with Gasteiger partial charge in [0.15, 0.2) is 13.2 Å². The number of fused-ring (bicyclic) bond motifs is 2. The van der Waals surface area contributed by atoms with Crippen molar-refractivity contribution in [2.45, 2.75) is 44.4 Å². The van der Waals surface area contributed by atoms with Crippen LogP contribution in [0.3, 0.4) is 0 Å². The molecule has 8 aromatic rings. The molecule has 0 aliphatic carbocycles. The molecule has 8 rings (SSSR count). The van der Waals surface area contributed by atoms with Gasteiger partial charge >= 0.3 is 12.1 Å². The number of aliphatic hydroxyl groups is 1. The van der Waals surface area contributed by atoms with E-state index in [2.05, 4.69) is 29.4 Å². The third-order valence-corrected chi connectivity index (χ3v) is 11.0. The average Bonchev–Trinajstić information content (AvgIpc) is 3.91. The third kappa shape index (κ3) is 13.4. The number of hydrogen-bond donors (Lipinski definition) is 4. The highest BCUT2D eigenvalue weighted by Gasteiger charge is 2.58. The monoisotopic (exact) mass is 985 g/mol. The number of aromatic nitrogens is 4. The molecule has 0 saturated carbocycles. The smallest absolute Gasteiger partial charge is 0.456 e. The largest absolute Gasteiger partial charge is 0.487 e. The molecule has 364 valence electrons. The lowest BCUT2D eigenvalue weighted by molar-refractivity contribution is -0.290. The minimum absolute atomic E-state index is 0.122. The molecule has 0 amide bonds. The molecule has 0 bridgehead atoms. The van der Waals surface area contributed by atoms with Crippen molar-refractivity contribution in [3.05, 3.63) is 162 Å². The summed E-state index contributed by atoms with van der Waals surface area (Å²) in [6.45, 7) is 1.93. The Morgan fingerprint density at radius 1 is 0.600 bits per heavy atom. The Morgan fingerprint density at radius 2 is 1.06 bits per heavy atom. The van der Waals surface area contributed by atoms with Gasteiger partial charge in [0, 0.05) is 12.5 Å². The molecule has 2 heterocycles. The molecule has 4 N–H and O–H groups in total. The number of rotatable bonds is 15. The van der Waals surface area contributed by atoms with Gasteiger partial charge in [-0.15, -0.1) is 0 Å². The van der Waals surface area contributed by atoms with Crippen molar-refractivity contribution < 1.29 is 53.7 Å². The van der Waals surface area contributed by atoms with E-state index in [9.17, 15) is 44.3 Å². The van der Waals surface area contributed by atoms with Crippen LogP contribution in [0.2, 0.25) is 0 Å². The van der Waals surface area contributed by atoms with Crippen molar-refractivity contribution in [3.63, 3.8) is 0 Å². The molecule has 18 heteroatoms. The summed E-state index contributed by atoms with van der Waals surface area (Å²) in [4.78, 5) is 15.6. The molecule has 70 heavy (non-hydrogen) atoms.